The molecular formula is C16H20FN3. The highest BCUT2D eigenvalue weighted by atomic mass is 19.1. The van der Waals surface area contributed by atoms with E-state index < -0.39 is 0 Å². The van der Waals surface area contributed by atoms with Crippen molar-refractivity contribution in [2.75, 3.05) is 19.6 Å². The average molecular weight is 273 g/mol. The van der Waals surface area contributed by atoms with Crippen LogP contribution in [0.1, 0.15) is 30.0 Å². The number of aromatic amines is 1. The molecule has 0 aliphatic carbocycles. The Morgan fingerprint density at radius 1 is 1.25 bits per heavy atom. The fraction of sp³-hybridized carbons (Fsp3) is 0.438. The highest BCUT2D eigenvalue weighted by Gasteiger charge is 2.21. The first-order valence-electron chi connectivity index (χ1n) is 7.27. The maximum atomic E-state index is 12.9. The summed E-state index contributed by atoms with van der Waals surface area (Å²) in [6.07, 6.45) is 5.27. The Morgan fingerprint density at radius 3 is 2.85 bits per heavy atom. The third kappa shape index (κ3) is 3.25. The van der Waals surface area contributed by atoms with Crippen LogP contribution in [0.3, 0.4) is 0 Å². The van der Waals surface area contributed by atoms with Crippen molar-refractivity contribution in [3.63, 3.8) is 0 Å². The summed E-state index contributed by atoms with van der Waals surface area (Å²) >= 11 is 0. The lowest BCUT2D eigenvalue weighted by Gasteiger charge is -2.32. The zero-order valence-electron chi connectivity index (χ0n) is 11.6. The van der Waals surface area contributed by atoms with Gasteiger partial charge < -0.3 is 4.90 Å². The second-order valence-electron chi connectivity index (χ2n) is 5.53. The molecule has 2 aromatic rings. The van der Waals surface area contributed by atoms with E-state index in [0.717, 1.165) is 26.1 Å². The highest BCUT2D eigenvalue weighted by molar-refractivity contribution is 5.16. The summed E-state index contributed by atoms with van der Waals surface area (Å²) in [6, 6.07) is 8.92. The zero-order valence-corrected chi connectivity index (χ0v) is 11.6. The number of H-pyrrole nitrogens is 1. The van der Waals surface area contributed by atoms with Crippen molar-refractivity contribution in [2.45, 2.75) is 25.2 Å². The van der Waals surface area contributed by atoms with Gasteiger partial charge in [0, 0.05) is 30.9 Å². The maximum Gasteiger partial charge on any atom is 0.123 e. The van der Waals surface area contributed by atoms with Gasteiger partial charge in [-0.05, 0) is 49.6 Å². The van der Waals surface area contributed by atoms with Crippen molar-refractivity contribution >= 4 is 0 Å². The van der Waals surface area contributed by atoms with Crippen LogP contribution in [0.4, 0.5) is 4.39 Å². The minimum atomic E-state index is -0.161. The molecule has 0 bridgehead atoms. The van der Waals surface area contributed by atoms with Gasteiger partial charge in [-0.15, -0.1) is 0 Å². The molecule has 0 amide bonds. The Kier molecular flexibility index (Phi) is 4.11. The van der Waals surface area contributed by atoms with E-state index in [1.165, 1.54) is 24.1 Å². The van der Waals surface area contributed by atoms with E-state index >= 15 is 0 Å². The van der Waals surface area contributed by atoms with E-state index in [1.807, 2.05) is 18.3 Å². The lowest BCUT2D eigenvalue weighted by molar-refractivity contribution is 0.208. The topological polar surface area (TPSA) is 31.9 Å². The van der Waals surface area contributed by atoms with Crippen LogP contribution in [0.5, 0.6) is 0 Å². The number of nitrogens with one attached hydrogen (secondary N) is 1. The third-order valence-electron chi connectivity index (χ3n) is 4.10. The summed E-state index contributed by atoms with van der Waals surface area (Å²) in [4.78, 5) is 2.50. The zero-order chi connectivity index (χ0) is 13.8. The van der Waals surface area contributed by atoms with Gasteiger partial charge in [0.2, 0.25) is 0 Å². The van der Waals surface area contributed by atoms with Gasteiger partial charge in [-0.25, -0.2) is 4.39 Å². The Labute approximate surface area is 118 Å². The van der Waals surface area contributed by atoms with Crippen molar-refractivity contribution in [3.8, 4) is 0 Å². The lowest BCUT2D eigenvalue weighted by atomic mass is 9.94. The number of aromatic nitrogens is 2. The molecule has 0 saturated carbocycles. The van der Waals surface area contributed by atoms with Crippen molar-refractivity contribution in [1.29, 1.82) is 0 Å². The number of rotatable bonds is 4. The Bertz CT molecular complexity index is 521. The number of benzene rings is 1. The molecule has 1 aromatic heterocycles. The van der Waals surface area contributed by atoms with Crippen LogP contribution in [0.2, 0.25) is 0 Å². The number of halogens is 1. The van der Waals surface area contributed by atoms with Crippen molar-refractivity contribution < 1.29 is 4.39 Å². The fourth-order valence-corrected chi connectivity index (χ4v) is 2.94. The van der Waals surface area contributed by atoms with Crippen LogP contribution < -0.4 is 0 Å². The van der Waals surface area contributed by atoms with Crippen LogP contribution in [0.15, 0.2) is 36.5 Å². The first-order chi connectivity index (χ1) is 9.81. The molecule has 1 N–H and O–H groups in total. The van der Waals surface area contributed by atoms with Crippen LogP contribution >= 0.6 is 0 Å². The molecule has 1 aliphatic rings. The molecule has 3 rings (SSSR count). The van der Waals surface area contributed by atoms with Gasteiger partial charge >= 0.3 is 0 Å². The van der Waals surface area contributed by atoms with Crippen LogP contribution in [0, 0.1) is 5.82 Å². The molecule has 0 spiro atoms. The number of nitrogens with zero attached hydrogens (tertiary/aromatic N) is 2. The first kappa shape index (κ1) is 13.3. The quantitative estimate of drug-likeness (QED) is 0.928. The summed E-state index contributed by atoms with van der Waals surface area (Å²) in [5, 5.41) is 7.13. The van der Waals surface area contributed by atoms with Crippen LogP contribution in [-0.4, -0.2) is 34.7 Å². The Morgan fingerprint density at radius 2 is 2.10 bits per heavy atom. The summed E-state index contributed by atoms with van der Waals surface area (Å²) < 4.78 is 12.9. The normalized spacial score (nSPS) is 20.1. The van der Waals surface area contributed by atoms with Crippen LogP contribution in [-0.2, 0) is 6.42 Å². The third-order valence-corrected chi connectivity index (χ3v) is 4.10. The molecule has 0 radical (unpaired) electrons. The Balaban J connectivity index is 1.54. The van der Waals surface area contributed by atoms with Crippen molar-refractivity contribution in [3.05, 3.63) is 53.6 Å². The number of hydrogen-bond acceptors (Lipinski definition) is 2. The SMILES string of the molecule is Fc1ccc(CCN2CCCC(c3ccn[nH]3)C2)cc1. The van der Waals surface area contributed by atoms with Gasteiger partial charge in [0.1, 0.15) is 5.82 Å². The molecule has 1 unspecified atom stereocenters. The van der Waals surface area contributed by atoms with Gasteiger partial charge in [-0.1, -0.05) is 12.1 Å². The summed E-state index contributed by atoms with van der Waals surface area (Å²) in [5.74, 6) is 0.408. The molecule has 1 saturated heterocycles. The molecule has 1 atom stereocenters. The highest BCUT2D eigenvalue weighted by Crippen LogP contribution is 2.25. The van der Waals surface area contributed by atoms with E-state index in [4.69, 9.17) is 0 Å². The molecule has 1 fully saturated rings. The number of hydrogen-bond donors (Lipinski definition) is 1. The number of likely N-dealkylation sites (tertiary alicyclic amines) is 1. The van der Waals surface area contributed by atoms with E-state index in [1.54, 1.807) is 12.1 Å². The van der Waals surface area contributed by atoms with E-state index in [9.17, 15) is 4.39 Å². The van der Waals surface area contributed by atoms with E-state index in [2.05, 4.69) is 21.2 Å². The average Bonchev–Trinajstić information content (AvgIpc) is 3.01. The van der Waals surface area contributed by atoms with Crippen LogP contribution in [0.25, 0.3) is 0 Å². The second kappa shape index (κ2) is 6.18. The fourth-order valence-electron chi connectivity index (χ4n) is 2.94. The summed E-state index contributed by atoms with van der Waals surface area (Å²) in [7, 11) is 0. The van der Waals surface area contributed by atoms with Gasteiger partial charge in [0.05, 0.1) is 0 Å². The minimum absolute atomic E-state index is 0.161. The molecular weight excluding hydrogens is 253 g/mol. The molecule has 4 heteroatoms. The Hall–Kier alpha value is -1.68. The number of piperidine rings is 1. The second-order valence-corrected chi connectivity index (χ2v) is 5.53. The molecule has 2 heterocycles. The molecule has 3 nitrogen and oxygen atoms in total. The molecule has 1 aromatic carbocycles. The van der Waals surface area contributed by atoms with E-state index in [0.29, 0.717) is 5.92 Å². The minimum Gasteiger partial charge on any atom is -0.302 e. The monoisotopic (exact) mass is 273 g/mol. The predicted molar refractivity (Wildman–Crippen MR) is 77.1 cm³/mol. The largest absolute Gasteiger partial charge is 0.302 e. The maximum absolute atomic E-state index is 12.9. The molecule has 1 aliphatic heterocycles. The summed E-state index contributed by atoms with van der Waals surface area (Å²) in [6.45, 7) is 3.28. The first-order valence-corrected chi connectivity index (χ1v) is 7.27. The molecule has 106 valence electrons. The summed E-state index contributed by atoms with van der Waals surface area (Å²) in [5.41, 5.74) is 2.45. The smallest absolute Gasteiger partial charge is 0.123 e. The standard InChI is InChI=1S/C16H20FN3/c17-15-5-3-13(4-6-15)8-11-20-10-1-2-14(12-20)16-7-9-18-19-16/h3-7,9,14H,1-2,8,10-12H2,(H,18,19). The van der Waals surface area contributed by atoms with Crippen molar-refractivity contribution in [1.82, 2.24) is 15.1 Å². The predicted octanol–water partition coefficient (Wildman–Crippen LogP) is 2.97. The van der Waals surface area contributed by atoms with Gasteiger partial charge in [-0.2, -0.15) is 5.10 Å². The van der Waals surface area contributed by atoms with E-state index in [-0.39, 0.29) is 5.82 Å². The lowest BCUT2D eigenvalue weighted by Crippen LogP contribution is -2.35. The van der Waals surface area contributed by atoms with Crippen molar-refractivity contribution in [2.24, 2.45) is 0 Å². The van der Waals surface area contributed by atoms with Gasteiger partial charge in [-0.3, -0.25) is 5.10 Å². The molecule has 20 heavy (non-hydrogen) atoms. The van der Waals surface area contributed by atoms with Gasteiger partial charge in [0.25, 0.3) is 0 Å². The van der Waals surface area contributed by atoms with Gasteiger partial charge in [0.15, 0.2) is 0 Å².